The van der Waals surface area contributed by atoms with Crippen LogP contribution in [-0.2, 0) is 9.84 Å². The molecule has 152 valence electrons. The lowest BCUT2D eigenvalue weighted by Gasteiger charge is -2.36. The molecule has 2 heterocycles. The van der Waals surface area contributed by atoms with Crippen molar-refractivity contribution in [3.05, 3.63) is 54.2 Å². The highest BCUT2D eigenvalue weighted by Gasteiger charge is 2.32. The van der Waals surface area contributed by atoms with E-state index in [2.05, 4.69) is 14.8 Å². The molecular formula is C21H29N3O3S. The summed E-state index contributed by atoms with van der Waals surface area (Å²) >= 11 is 0. The molecule has 1 atom stereocenters. The molecule has 2 aromatic rings. The molecule has 1 saturated heterocycles. The van der Waals surface area contributed by atoms with E-state index >= 15 is 0 Å². The first-order chi connectivity index (χ1) is 13.2. The van der Waals surface area contributed by atoms with Crippen LogP contribution in [0.5, 0.6) is 0 Å². The quantitative estimate of drug-likeness (QED) is 0.827. The van der Waals surface area contributed by atoms with Crippen LogP contribution in [0.25, 0.3) is 0 Å². The van der Waals surface area contributed by atoms with E-state index in [1.165, 1.54) is 0 Å². The van der Waals surface area contributed by atoms with Gasteiger partial charge >= 0.3 is 0 Å². The van der Waals surface area contributed by atoms with Gasteiger partial charge in [0.25, 0.3) is 0 Å². The first-order valence-corrected chi connectivity index (χ1v) is 11.1. The van der Waals surface area contributed by atoms with Gasteiger partial charge in [-0.25, -0.2) is 13.4 Å². The Morgan fingerprint density at radius 3 is 2.21 bits per heavy atom. The number of benzene rings is 1. The average Bonchev–Trinajstić information content (AvgIpc) is 2.68. The van der Waals surface area contributed by atoms with Gasteiger partial charge in [-0.15, -0.1) is 0 Å². The van der Waals surface area contributed by atoms with Crippen LogP contribution in [0.4, 0.5) is 5.69 Å². The van der Waals surface area contributed by atoms with Gasteiger partial charge < -0.3 is 10.0 Å². The summed E-state index contributed by atoms with van der Waals surface area (Å²) in [6.45, 7) is 8.96. The lowest BCUT2D eigenvalue weighted by atomic mass is 10.1. The summed E-state index contributed by atoms with van der Waals surface area (Å²) in [6.07, 6.45) is 1.16. The topological polar surface area (TPSA) is 73.7 Å². The van der Waals surface area contributed by atoms with Crippen molar-refractivity contribution in [3.63, 3.8) is 0 Å². The minimum Gasteiger partial charge on any atom is -0.387 e. The Kier molecular flexibility index (Phi) is 6.07. The fourth-order valence-electron chi connectivity index (χ4n) is 3.25. The van der Waals surface area contributed by atoms with Crippen molar-refractivity contribution in [2.45, 2.75) is 36.6 Å². The van der Waals surface area contributed by atoms with Gasteiger partial charge in [0.2, 0.25) is 0 Å². The Morgan fingerprint density at radius 2 is 1.68 bits per heavy atom. The number of rotatable bonds is 5. The summed E-state index contributed by atoms with van der Waals surface area (Å²) in [7, 11) is -3.44. The monoisotopic (exact) mass is 403 g/mol. The van der Waals surface area contributed by atoms with Crippen molar-refractivity contribution in [1.29, 1.82) is 0 Å². The fourth-order valence-corrected chi connectivity index (χ4v) is 4.31. The normalized spacial score (nSPS) is 17.5. The summed E-state index contributed by atoms with van der Waals surface area (Å²) in [5, 5.41) is 10.5. The number of anilines is 1. The maximum Gasteiger partial charge on any atom is 0.200 e. The van der Waals surface area contributed by atoms with Gasteiger partial charge in [-0.1, -0.05) is 30.3 Å². The number of hydrogen-bond donors (Lipinski definition) is 1. The smallest absolute Gasteiger partial charge is 0.200 e. The van der Waals surface area contributed by atoms with Crippen molar-refractivity contribution in [2.75, 3.05) is 37.6 Å². The lowest BCUT2D eigenvalue weighted by molar-refractivity contribution is 0.109. The van der Waals surface area contributed by atoms with Gasteiger partial charge in [-0.3, -0.25) is 4.90 Å². The predicted molar refractivity (Wildman–Crippen MR) is 111 cm³/mol. The zero-order valence-electron chi connectivity index (χ0n) is 16.7. The molecule has 0 saturated carbocycles. The number of β-amino-alcohol motifs (C(OH)–C–C–N with tert-alkyl or cyclic N) is 1. The number of sulfone groups is 1. The van der Waals surface area contributed by atoms with Crippen LogP contribution in [0.1, 0.15) is 32.4 Å². The summed E-state index contributed by atoms with van der Waals surface area (Å²) in [4.78, 5) is 8.67. The number of hydrogen-bond acceptors (Lipinski definition) is 6. The first kappa shape index (κ1) is 20.8. The van der Waals surface area contributed by atoms with Crippen molar-refractivity contribution >= 4 is 15.5 Å². The summed E-state index contributed by atoms with van der Waals surface area (Å²) in [5.74, 6) is 0. The van der Waals surface area contributed by atoms with Crippen LogP contribution in [0.15, 0.2) is 53.7 Å². The highest BCUT2D eigenvalue weighted by molar-refractivity contribution is 7.92. The molecule has 0 spiro atoms. The standard InChI is InChI=1S/C21H29N3O3S/c1-21(2,3)28(26,27)20-10-9-18(15-22-20)24-13-11-23(12-14-24)16-19(25)17-7-5-4-6-8-17/h4-10,15,19,25H,11-14,16H2,1-3H3. The minimum absolute atomic E-state index is 0.119. The van der Waals surface area contributed by atoms with Gasteiger partial charge in [-0.2, -0.15) is 0 Å². The molecule has 0 amide bonds. The highest BCUT2D eigenvalue weighted by atomic mass is 32.2. The lowest BCUT2D eigenvalue weighted by Crippen LogP contribution is -2.47. The molecular weight excluding hydrogens is 374 g/mol. The fraction of sp³-hybridized carbons (Fsp3) is 0.476. The number of aliphatic hydroxyl groups excluding tert-OH is 1. The molecule has 0 radical (unpaired) electrons. The third-order valence-corrected chi connectivity index (χ3v) is 7.56. The first-order valence-electron chi connectivity index (χ1n) is 9.59. The van der Waals surface area contributed by atoms with E-state index in [-0.39, 0.29) is 5.03 Å². The van der Waals surface area contributed by atoms with E-state index in [4.69, 9.17) is 0 Å². The molecule has 1 aliphatic heterocycles. The number of piperazine rings is 1. The summed E-state index contributed by atoms with van der Waals surface area (Å²) in [6, 6.07) is 13.1. The van der Waals surface area contributed by atoms with Gasteiger partial charge in [0.05, 0.1) is 22.7 Å². The SMILES string of the molecule is CC(C)(C)S(=O)(=O)c1ccc(N2CCN(CC(O)c3ccccc3)CC2)cn1. The van der Waals surface area contributed by atoms with Gasteiger partial charge in [0, 0.05) is 32.7 Å². The molecule has 0 aliphatic carbocycles. The molecule has 28 heavy (non-hydrogen) atoms. The molecule has 1 fully saturated rings. The van der Waals surface area contributed by atoms with Crippen molar-refractivity contribution in [1.82, 2.24) is 9.88 Å². The van der Waals surface area contributed by atoms with Gasteiger partial charge in [0.15, 0.2) is 14.9 Å². The predicted octanol–water partition coefficient (Wildman–Crippen LogP) is 2.51. The van der Waals surface area contributed by atoms with Crippen LogP contribution >= 0.6 is 0 Å². The molecule has 6 nitrogen and oxygen atoms in total. The van der Waals surface area contributed by atoms with E-state index < -0.39 is 20.7 Å². The molecule has 1 unspecified atom stereocenters. The van der Waals surface area contributed by atoms with E-state index in [9.17, 15) is 13.5 Å². The largest absolute Gasteiger partial charge is 0.387 e. The van der Waals surface area contributed by atoms with E-state index in [1.807, 2.05) is 36.4 Å². The second-order valence-electron chi connectivity index (χ2n) is 8.18. The van der Waals surface area contributed by atoms with Crippen molar-refractivity contribution in [3.8, 4) is 0 Å². The second kappa shape index (κ2) is 8.19. The van der Waals surface area contributed by atoms with Gasteiger partial charge in [0.1, 0.15) is 0 Å². The Bertz CT molecular complexity index is 869. The van der Waals surface area contributed by atoms with E-state index in [0.717, 1.165) is 37.4 Å². The zero-order chi connectivity index (χ0) is 20.4. The molecule has 3 rings (SSSR count). The van der Waals surface area contributed by atoms with Gasteiger partial charge in [-0.05, 0) is 38.5 Å². The average molecular weight is 404 g/mol. The molecule has 7 heteroatoms. The van der Waals surface area contributed by atoms with Crippen molar-refractivity contribution < 1.29 is 13.5 Å². The molecule has 1 N–H and O–H groups in total. The van der Waals surface area contributed by atoms with Crippen molar-refractivity contribution in [2.24, 2.45) is 0 Å². The maximum atomic E-state index is 12.5. The molecule has 1 aromatic carbocycles. The third kappa shape index (κ3) is 4.54. The number of pyridine rings is 1. The zero-order valence-corrected chi connectivity index (χ0v) is 17.6. The van der Waals surface area contributed by atoms with Crippen LogP contribution < -0.4 is 4.90 Å². The third-order valence-electron chi connectivity index (χ3n) is 5.16. The summed E-state index contributed by atoms with van der Waals surface area (Å²) < 4.78 is 24.1. The highest BCUT2D eigenvalue weighted by Crippen LogP contribution is 2.25. The maximum absolute atomic E-state index is 12.5. The number of aromatic nitrogens is 1. The summed E-state index contributed by atoms with van der Waals surface area (Å²) in [5.41, 5.74) is 1.86. The number of nitrogens with zero attached hydrogens (tertiary/aromatic N) is 3. The van der Waals surface area contributed by atoms with Crippen LogP contribution in [-0.4, -0.2) is 60.9 Å². The molecule has 1 aromatic heterocycles. The van der Waals surface area contributed by atoms with Crippen LogP contribution in [0.2, 0.25) is 0 Å². The second-order valence-corrected chi connectivity index (χ2v) is 10.8. The van der Waals surface area contributed by atoms with Crippen LogP contribution in [0, 0.1) is 0 Å². The van der Waals surface area contributed by atoms with E-state index in [1.54, 1.807) is 33.0 Å². The Labute approximate surface area is 167 Å². The van der Waals surface area contributed by atoms with Crippen LogP contribution in [0.3, 0.4) is 0 Å². The Balaban J connectivity index is 1.58. The molecule has 1 aliphatic rings. The minimum atomic E-state index is -3.44. The Morgan fingerprint density at radius 1 is 1.04 bits per heavy atom. The van der Waals surface area contributed by atoms with E-state index in [0.29, 0.717) is 6.54 Å². The number of aliphatic hydroxyl groups is 1. The Hall–Kier alpha value is -1.96. The molecule has 0 bridgehead atoms.